The lowest BCUT2D eigenvalue weighted by Gasteiger charge is -2.13. The number of ether oxygens (including phenoxy) is 2. The molecule has 3 rings (SSSR count). The Bertz CT molecular complexity index is 900. The lowest BCUT2D eigenvalue weighted by Crippen LogP contribution is -1.97. The van der Waals surface area contributed by atoms with Crippen LogP contribution in [0.4, 0.5) is 11.4 Å². The van der Waals surface area contributed by atoms with Crippen molar-refractivity contribution in [2.24, 2.45) is 0 Å². The quantitative estimate of drug-likeness (QED) is 0.792. The van der Waals surface area contributed by atoms with Gasteiger partial charge in [0, 0.05) is 23.3 Å². The van der Waals surface area contributed by atoms with Gasteiger partial charge < -0.3 is 14.8 Å². The maximum absolute atomic E-state index is 9.22. The number of para-hydroxylation sites is 1. The second-order valence-electron chi connectivity index (χ2n) is 4.87. The van der Waals surface area contributed by atoms with Gasteiger partial charge in [-0.15, -0.1) is 0 Å². The van der Waals surface area contributed by atoms with E-state index in [-0.39, 0.29) is 0 Å². The summed E-state index contributed by atoms with van der Waals surface area (Å²) >= 11 is 0. The van der Waals surface area contributed by atoms with Gasteiger partial charge in [0.05, 0.1) is 31.0 Å². The predicted molar refractivity (Wildman–Crippen MR) is 89.3 cm³/mol. The number of benzene rings is 2. The minimum absolute atomic E-state index is 0.581. The summed E-state index contributed by atoms with van der Waals surface area (Å²) in [4.78, 5) is 4.37. The average molecular weight is 305 g/mol. The zero-order chi connectivity index (χ0) is 16.2. The van der Waals surface area contributed by atoms with Crippen molar-refractivity contribution in [3.63, 3.8) is 0 Å². The molecule has 0 unspecified atom stereocenters. The van der Waals surface area contributed by atoms with E-state index >= 15 is 0 Å². The normalized spacial score (nSPS) is 10.1. The Hall–Kier alpha value is -3.26. The van der Waals surface area contributed by atoms with Crippen LogP contribution in [0.2, 0.25) is 0 Å². The van der Waals surface area contributed by atoms with E-state index < -0.39 is 0 Å². The molecule has 23 heavy (non-hydrogen) atoms. The second-order valence-corrected chi connectivity index (χ2v) is 4.87. The number of aromatic nitrogens is 1. The van der Waals surface area contributed by atoms with Crippen LogP contribution in [0.1, 0.15) is 5.56 Å². The number of methoxy groups -OCH3 is 2. The highest BCUT2D eigenvalue weighted by Gasteiger charge is 2.11. The van der Waals surface area contributed by atoms with E-state index in [1.54, 1.807) is 26.5 Å². The molecule has 1 heterocycles. The van der Waals surface area contributed by atoms with Gasteiger partial charge in [-0.2, -0.15) is 5.26 Å². The molecular weight excluding hydrogens is 290 g/mol. The molecular formula is C18H15N3O2. The minimum Gasteiger partial charge on any atom is -0.493 e. The fourth-order valence-electron chi connectivity index (χ4n) is 2.42. The number of nitrogens with one attached hydrogen (secondary N) is 1. The summed E-state index contributed by atoms with van der Waals surface area (Å²) in [6.45, 7) is 0. The van der Waals surface area contributed by atoms with E-state index in [1.165, 1.54) is 0 Å². The van der Waals surface area contributed by atoms with Crippen molar-refractivity contribution >= 4 is 22.3 Å². The van der Waals surface area contributed by atoms with Gasteiger partial charge in [-0.1, -0.05) is 12.1 Å². The summed E-state index contributed by atoms with van der Waals surface area (Å²) < 4.78 is 10.7. The van der Waals surface area contributed by atoms with Crippen molar-refractivity contribution in [3.8, 4) is 17.6 Å². The molecule has 0 aliphatic heterocycles. The van der Waals surface area contributed by atoms with E-state index in [0.717, 1.165) is 22.3 Å². The number of fused-ring (bicyclic) bond motifs is 1. The third-order valence-corrected chi connectivity index (χ3v) is 3.56. The summed E-state index contributed by atoms with van der Waals surface area (Å²) in [5, 5.41) is 13.4. The van der Waals surface area contributed by atoms with Gasteiger partial charge in [0.15, 0.2) is 11.5 Å². The summed E-state index contributed by atoms with van der Waals surface area (Å²) in [6, 6.07) is 15.1. The van der Waals surface area contributed by atoms with E-state index in [9.17, 15) is 5.26 Å². The Balaban J connectivity index is 2.13. The monoisotopic (exact) mass is 305 g/mol. The van der Waals surface area contributed by atoms with Gasteiger partial charge in [-0.3, -0.25) is 4.98 Å². The molecule has 0 amide bonds. The van der Waals surface area contributed by atoms with Crippen LogP contribution in [0.15, 0.2) is 48.7 Å². The van der Waals surface area contributed by atoms with Gasteiger partial charge in [0.25, 0.3) is 0 Å². The van der Waals surface area contributed by atoms with Crippen molar-refractivity contribution in [1.82, 2.24) is 4.98 Å². The van der Waals surface area contributed by atoms with Gasteiger partial charge in [0.1, 0.15) is 6.07 Å². The van der Waals surface area contributed by atoms with E-state index in [4.69, 9.17) is 9.47 Å². The van der Waals surface area contributed by atoms with Gasteiger partial charge in [-0.25, -0.2) is 0 Å². The number of hydrogen-bond acceptors (Lipinski definition) is 5. The van der Waals surface area contributed by atoms with E-state index in [0.29, 0.717) is 17.1 Å². The van der Waals surface area contributed by atoms with Crippen molar-refractivity contribution in [3.05, 3.63) is 54.2 Å². The van der Waals surface area contributed by atoms with Crippen LogP contribution in [0.3, 0.4) is 0 Å². The Labute approximate surface area is 134 Å². The van der Waals surface area contributed by atoms with Crippen LogP contribution in [0, 0.1) is 11.3 Å². The first-order valence-electron chi connectivity index (χ1n) is 7.03. The highest BCUT2D eigenvalue weighted by Crippen LogP contribution is 2.35. The maximum Gasteiger partial charge on any atom is 0.162 e. The van der Waals surface area contributed by atoms with Crippen molar-refractivity contribution in [1.29, 1.82) is 5.26 Å². The molecule has 0 aliphatic rings. The van der Waals surface area contributed by atoms with Gasteiger partial charge >= 0.3 is 0 Å². The molecule has 1 N–H and O–H groups in total. The Morgan fingerprint density at radius 1 is 1.00 bits per heavy atom. The molecule has 0 aliphatic carbocycles. The lowest BCUT2D eigenvalue weighted by atomic mass is 10.1. The molecule has 114 valence electrons. The average Bonchev–Trinajstić information content (AvgIpc) is 2.61. The number of pyridine rings is 1. The number of nitriles is 1. The van der Waals surface area contributed by atoms with Gasteiger partial charge in [-0.05, 0) is 24.3 Å². The molecule has 0 radical (unpaired) electrons. The SMILES string of the molecule is COc1cc2nccc(Nc3ccccc3C#N)c2cc1OC. The Kier molecular flexibility index (Phi) is 3.98. The Morgan fingerprint density at radius 3 is 2.48 bits per heavy atom. The lowest BCUT2D eigenvalue weighted by molar-refractivity contribution is 0.356. The van der Waals surface area contributed by atoms with Crippen LogP contribution >= 0.6 is 0 Å². The smallest absolute Gasteiger partial charge is 0.162 e. The summed E-state index contributed by atoms with van der Waals surface area (Å²) in [5.74, 6) is 1.26. The standard InChI is InChI=1S/C18H15N3O2/c1-22-17-9-13-15(7-8-20-16(13)10-18(17)23-2)21-14-6-4-3-5-12(14)11-19/h3-10H,1-2H3,(H,20,21). The molecule has 0 saturated carbocycles. The fourth-order valence-corrected chi connectivity index (χ4v) is 2.42. The zero-order valence-electron chi connectivity index (χ0n) is 12.8. The largest absolute Gasteiger partial charge is 0.493 e. The second kappa shape index (κ2) is 6.24. The Morgan fingerprint density at radius 2 is 1.74 bits per heavy atom. The third-order valence-electron chi connectivity index (χ3n) is 3.56. The molecule has 5 heteroatoms. The number of anilines is 2. The molecule has 3 aromatic rings. The van der Waals surface area contributed by atoms with E-state index in [1.807, 2.05) is 36.4 Å². The molecule has 2 aromatic carbocycles. The maximum atomic E-state index is 9.22. The molecule has 0 atom stereocenters. The predicted octanol–water partition coefficient (Wildman–Crippen LogP) is 3.87. The molecule has 0 bridgehead atoms. The molecule has 0 spiro atoms. The minimum atomic E-state index is 0.581. The number of hydrogen-bond donors (Lipinski definition) is 1. The van der Waals surface area contributed by atoms with Crippen LogP contribution in [0.5, 0.6) is 11.5 Å². The first kappa shape index (κ1) is 14.7. The summed E-state index contributed by atoms with van der Waals surface area (Å²) in [6.07, 6.45) is 1.71. The van der Waals surface area contributed by atoms with Crippen molar-refractivity contribution in [2.75, 3.05) is 19.5 Å². The van der Waals surface area contributed by atoms with Crippen molar-refractivity contribution in [2.45, 2.75) is 0 Å². The fraction of sp³-hybridized carbons (Fsp3) is 0.111. The van der Waals surface area contributed by atoms with Crippen LogP contribution in [0.25, 0.3) is 10.9 Å². The zero-order valence-corrected chi connectivity index (χ0v) is 12.8. The molecule has 0 saturated heterocycles. The first-order valence-corrected chi connectivity index (χ1v) is 7.03. The molecule has 5 nitrogen and oxygen atoms in total. The highest BCUT2D eigenvalue weighted by molar-refractivity contribution is 5.95. The summed E-state index contributed by atoms with van der Waals surface area (Å²) in [7, 11) is 3.19. The van der Waals surface area contributed by atoms with Gasteiger partial charge in [0.2, 0.25) is 0 Å². The summed E-state index contributed by atoms with van der Waals surface area (Å²) in [5.41, 5.74) is 2.95. The van der Waals surface area contributed by atoms with Crippen LogP contribution in [-0.4, -0.2) is 19.2 Å². The molecule has 0 fully saturated rings. The number of rotatable bonds is 4. The van der Waals surface area contributed by atoms with Crippen LogP contribution < -0.4 is 14.8 Å². The van der Waals surface area contributed by atoms with E-state index in [2.05, 4.69) is 16.4 Å². The highest BCUT2D eigenvalue weighted by atomic mass is 16.5. The first-order chi connectivity index (χ1) is 11.3. The van der Waals surface area contributed by atoms with Crippen molar-refractivity contribution < 1.29 is 9.47 Å². The number of nitrogens with zero attached hydrogens (tertiary/aromatic N) is 2. The topological polar surface area (TPSA) is 67.2 Å². The van der Waals surface area contributed by atoms with Crippen LogP contribution in [-0.2, 0) is 0 Å². The molecule has 1 aromatic heterocycles. The third kappa shape index (κ3) is 2.74.